The molecule has 0 saturated carbocycles. The van der Waals surface area contributed by atoms with E-state index in [1.807, 2.05) is 7.05 Å². The van der Waals surface area contributed by atoms with Crippen molar-refractivity contribution in [3.8, 4) is 0 Å². The number of fused-ring (bicyclic) bond motifs is 1. The third-order valence-electron chi connectivity index (χ3n) is 3.18. The summed E-state index contributed by atoms with van der Waals surface area (Å²) < 4.78 is 7.15. The van der Waals surface area contributed by atoms with Gasteiger partial charge in [0.25, 0.3) is 0 Å². The summed E-state index contributed by atoms with van der Waals surface area (Å²) in [7, 11) is 1.85. The number of ether oxygens (including phenoxy) is 1. The molecule has 1 atom stereocenters. The number of aromatic nitrogens is 4. The van der Waals surface area contributed by atoms with E-state index in [2.05, 4.69) is 26.9 Å². The van der Waals surface area contributed by atoms with Gasteiger partial charge in [0.2, 0.25) is 5.28 Å². The molecule has 18 heavy (non-hydrogen) atoms. The lowest BCUT2D eigenvalue weighted by Crippen LogP contribution is -2.44. The smallest absolute Gasteiger partial charge is 0.226 e. The average Bonchev–Trinajstić information content (AvgIpc) is 2.71. The number of anilines is 1. The van der Waals surface area contributed by atoms with Crippen molar-refractivity contribution >= 4 is 28.5 Å². The number of rotatable bonds is 1. The third-order valence-corrected chi connectivity index (χ3v) is 3.35. The molecule has 3 heterocycles. The maximum atomic E-state index is 6.00. The topological polar surface area (TPSA) is 56.1 Å². The Balaban J connectivity index is 2.15. The molecule has 1 fully saturated rings. The molecule has 0 unspecified atom stereocenters. The summed E-state index contributed by atoms with van der Waals surface area (Å²) in [6.07, 6.45) is 1.78. The lowest BCUT2D eigenvalue weighted by atomic mass is 10.2. The van der Waals surface area contributed by atoms with Crippen LogP contribution in [0.2, 0.25) is 5.28 Å². The molecule has 3 rings (SSSR count). The van der Waals surface area contributed by atoms with E-state index < -0.39 is 0 Å². The molecule has 1 saturated heterocycles. The Morgan fingerprint density at radius 2 is 2.28 bits per heavy atom. The Morgan fingerprint density at radius 1 is 1.44 bits per heavy atom. The van der Waals surface area contributed by atoms with Crippen LogP contribution in [0.3, 0.4) is 0 Å². The van der Waals surface area contributed by atoms with Gasteiger partial charge in [-0.05, 0) is 18.5 Å². The van der Waals surface area contributed by atoms with Crippen molar-refractivity contribution in [1.29, 1.82) is 0 Å². The summed E-state index contributed by atoms with van der Waals surface area (Å²) in [5.74, 6) is 0.842. The van der Waals surface area contributed by atoms with Gasteiger partial charge < -0.3 is 9.64 Å². The van der Waals surface area contributed by atoms with Gasteiger partial charge in [0.05, 0.1) is 30.8 Å². The van der Waals surface area contributed by atoms with E-state index in [0.717, 1.165) is 23.4 Å². The Bertz CT molecular complexity index is 584. The van der Waals surface area contributed by atoms with Gasteiger partial charge >= 0.3 is 0 Å². The highest BCUT2D eigenvalue weighted by atomic mass is 35.5. The van der Waals surface area contributed by atoms with Crippen molar-refractivity contribution in [2.75, 3.05) is 24.7 Å². The molecule has 0 spiro atoms. The zero-order chi connectivity index (χ0) is 12.7. The summed E-state index contributed by atoms with van der Waals surface area (Å²) in [6, 6.07) is 0.271. The van der Waals surface area contributed by atoms with Crippen molar-refractivity contribution < 1.29 is 4.74 Å². The van der Waals surface area contributed by atoms with E-state index in [9.17, 15) is 0 Å². The number of hydrogen-bond donors (Lipinski definition) is 0. The summed E-state index contributed by atoms with van der Waals surface area (Å²) in [5.41, 5.74) is 0.753. The van der Waals surface area contributed by atoms with Gasteiger partial charge in [-0.25, -0.2) is 0 Å². The highest BCUT2D eigenvalue weighted by molar-refractivity contribution is 6.28. The van der Waals surface area contributed by atoms with Gasteiger partial charge in [-0.3, -0.25) is 4.68 Å². The molecule has 7 heteroatoms. The minimum atomic E-state index is 0.250. The number of nitrogens with zero attached hydrogens (tertiary/aromatic N) is 5. The van der Waals surface area contributed by atoms with Crippen LogP contribution < -0.4 is 4.90 Å². The fraction of sp³-hybridized carbons (Fsp3) is 0.545. The van der Waals surface area contributed by atoms with Gasteiger partial charge in [-0.1, -0.05) is 0 Å². The lowest BCUT2D eigenvalue weighted by Gasteiger charge is -2.34. The molecule has 6 nitrogen and oxygen atoms in total. The second-order valence-electron chi connectivity index (χ2n) is 4.44. The molecule has 1 aliphatic heterocycles. The van der Waals surface area contributed by atoms with Crippen molar-refractivity contribution in [1.82, 2.24) is 19.7 Å². The molecule has 0 bridgehead atoms. The highest BCUT2D eigenvalue weighted by Gasteiger charge is 2.23. The first-order valence-corrected chi connectivity index (χ1v) is 6.24. The van der Waals surface area contributed by atoms with E-state index in [1.54, 1.807) is 10.9 Å². The maximum Gasteiger partial charge on any atom is 0.226 e. The summed E-state index contributed by atoms with van der Waals surface area (Å²) in [4.78, 5) is 10.8. The predicted octanol–water partition coefficient (Wildman–Crippen LogP) is 1.24. The van der Waals surface area contributed by atoms with E-state index >= 15 is 0 Å². The maximum absolute atomic E-state index is 6.00. The number of halogens is 1. The Labute approximate surface area is 110 Å². The SMILES string of the molecule is C[C@@H]1COCCN1c1nc(Cl)nc2c1cnn2C. The molecule has 2 aromatic rings. The van der Waals surface area contributed by atoms with E-state index in [0.29, 0.717) is 13.2 Å². The summed E-state index contributed by atoms with van der Waals surface area (Å²) in [5, 5.41) is 5.39. The van der Waals surface area contributed by atoms with Crippen molar-refractivity contribution in [2.24, 2.45) is 7.05 Å². The molecule has 1 aliphatic rings. The number of aryl methyl sites for hydroxylation is 1. The van der Waals surface area contributed by atoms with Crippen LogP contribution in [-0.4, -0.2) is 45.5 Å². The predicted molar refractivity (Wildman–Crippen MR) is 68.9 cm³/mol. The molecular formula is C11H14ClN5O. The molecule has 0 aromatic carbocycles. The van der Waals surface area contributed by atoms with Crippen LogP contribution in [0.15, 0.2) is 6.20 Å². The van der Waals surface area contributed by atoms with E-state index in [4.69, 9.17) is 16.3 Å². The van der Waals surface area contributed by atoms with E-state index in [1.165, 1.54) is 0 Å². The summed E-state index contributed by atoms with van der Waals surface area (Å²) >= 11 is 6.00. The largest absolute Gasteiger partial charge is 0.377 e. The van der Waals surface area contributed by atoms with E-state index in [-0.39, 0.29) is 11.3 Å². The fourth-order valence-corrected chi connectivity index (χ4v) is 2.40. The van der Waals surface area contributed by atoms with Gasteiger partial charge in [-0.15, -0.1) is 0 Å². The molecule has 0 amide bonds. The minimum Gasteiger partial charge on any atom is -0.377 e. The molecule has 0 aliphatic carbocycles. The second kappa shape index (κ2) is 4.37. The first-order chi connectivity index (χ1) is 8.66. The third kappa shape index (κ3) is 1.81. The first-order valence-electron chi connectivity index (χ1n) is 5.86. The van der Waals surface area contributed by atoms with Gasteiger partial charge in [-0.2, -0.15) is 15.1 Å². The quantitative estimate of drug-likeness (QED) is 0.728. The van der Waals surface area contributed by atoms with Crippen LogP contribution in [0.5, 0.6) is 0 Å². The van der Waals surface area contributed by atoms with Crippen molar-refractivity contribution in [3.05, 3.63) is 11.5 Å². The van der Waals surface area contributed by atoms with Crippen molar-refractivity contribution in [3.63, 3.8) is 0 Å². The van der Waals surface area contributed by atoms with Gasteiger partial charge in [0.1, 0.15) is 5.82 Å². The Morgan fingerprint density at radius 3 is 3.06 bits per heavy atom. The Kier molecular flexibility index (Phi) is 2.83. The first kappa shape index (κ1) is 11.7. The molecular weight excluding hydrogens is 254 g/mol. The normalized spacial score (nSPS) is 20.6. The standard InChI is InChI=1S/C11H14ClN5O/c1-7-6-18-4-3-17(7)10-8-5-13-16(2)9(8)14-11(12)15-10/h5,7H,3-4,6H2,1-2H3/t7-/m1/s1. The van der Waals surface area contributed by atoms with Crippen LogP contribution in [-0.2, 0) is 11.8 Å². The number of morpholine rings is 1. The fourth-order valence-electron chi connectivity index (χ4n) is 2.24. The highest BCUT2D eigenvalue weighted by Crippen LogP contribution is 2.27. The molecule has 96 valence electrons. The average molecular weight is 268 g/mol. The monoisotopic (exact) mass is 267 g/mol. The summed E-state index contributed by atoms with van der Waals surface area (Å²) in [6.45, 7) is 4.31. The zero-order valence-corrected chi connectivity index (χ0v) is 11.1. The lowest BCUT2D eigenvalue weighted by molar-refractivity contribution is 0.0987. The number of hydrogen-bond acceptors (Lipinski definition) is 5. The molecule has 0 radical (unpaired) electrons. The van der Waals surface area contributed by atoms with Crippen molar-refractivity contribution in [2.45, 2.75) is 13.0 Å². The van der Waals surface area contributed by atoms with Crippen LogP contribution >= 0.6 is 11.6 Å². The Hall–Kier alpha value is -1.40. The second-order valence-corrected chi connectivity index (χ2v) is 4.78. The van der Waals surface area contributed by atoms with Gasteiger partial charge in [0.15, 0.2) is 5.65 Å². The van der Waals surface area contributed by atoms with Gasteiger partial charge in [0, 0.05) is 13.6 Å². The molecule has 2 aromatic heterocycles. The van der Waals surface area contributed by atoms with Crippen LogP contribution in [0.25, 0.3) is 11.0 Å². The van der Waals surface area contributed by atoms with Crippen LogP contribution in [0.4, 0.5) is 5.82 Å². The van der Waals surface area contributed by atoms with Crippen LogP contribution in [0.1, 0.15) is 6.92 Å². The van der Waals surface area contributed by atoms with Crippen LogP contribution in [0, 0.1) is 0 Å². The minimum absolute atomic E-state index is 0.250. The zero-order valence-electron chi connectivity index (χ0n) is 10.3. The molecule has 0 N–H and O–H groups in total.